The molecular formula is C26H30N2O2. The summed E-state index contributed by atoms with van der Waals surface area (Å²) in [6.45, 7) is 2.71. The van der Waals surface area contributed by atoms with Crippen molar-refractivity contribution in [2.45, 2.75) is 19.9 Å². The zero-order valence-corrected chi connectivity index (χ0v) is 18.2. The average Bonchev–Trinajstić information content (AvgIpc) is 2.79. The van der Waals surface area contributed by atoms with Gasteiger partial charge in [-0.2, -0.15) is 0 Å². The van der Waals surface area contributed by atoms with Crippen LogP contribution in [0.2, 0.25) is 0 Å². The van der Waals surface area contributed by atoms with Crippen LogP contribution in [0.1, 0.15) is 18.1 Å². The van der Waals surface area contributed by atoms with Gasteiger partial charge >= 0.3 is 5.97 Å². The van der Waals surface area contributed by atoms with Crippen LogP contribution in [0.25, 0.3) is 11.1 Å². The molecule has 3 rings (SSSR count). The molecule has 0 aliphatic heterocycles. The molecular weight excluding hydrogens is 372 g/mol. The molecule has 0 saturated heterocycles. The Morgan fingerprint density at radius 3 is 2.20 bits per heavy atom. The van der Waals surface area contributed by atoms with E-state index in [9.17, 15) is 4.79 Å². The molecule has 4 nitrogen and oxygen atoms in total. The number of carbonyl (C=O) groups is 1. The molecule has 0 aliphatic rings. The molecule has 0 aliphatic carbocycles. The number of rotatable bonds is 8. The minimum atomic E-state index is -0.172. The highest BCUT2D eigenvalue weighted by Gasteiger charge is 2.14. The number of nitrogens with one attached hydrogen (secondary N) is 1. The number of benzene rings is 3. The minimum absolute atomic E-state index is 0.148. The molecule has 1 atom stereocenters. The highest BCUT2D eigenvalue weighted by Crippen LogP contribution is 2.24. The molecule has 0 aromatic heterocycles. The van der Waals surface area contributed by atoms with E-state index in [0.29, 0.717) is 6.42 Å². The van der Waals surface area contributed by atoms with E-state index in [-0.39, 0.29) is 11.9 Å². The Kier molecular flexibility index (Phi) is 7.12. The number of esters is 1. The van der Waals surface area contributed by atoms with Crippen LogP contribution in [-0.2, 0) is 22.5 Å². The second kappa shape index (κ2) is 9.97. The van der Waals surface area contributed by atoms with E-state index in [1.54, 1.807) is 0 Å². The fraction of sp³-hybridized carbons (Fsp3) is 0.269. The predicted octanol–water partition coefficient (Wildman–Crippen LogP) is 5.38. The predicted molar refractivity (Wildman–Crippen MR) is 125 cm³/mol. The molecule has 1 N–H and O–H groups in total. The molecule has 3 aromatic carbocycles. The van der Waals surface area contributed by atoms with Crippen molar-refractivity contribution in [1.29, 1.82) is 0 Å². The first-order valence-corrected chi connectivity index (χ1v) is 10.2. The Balaban J connectivity index is 1.66. The molecule has 156 valence electrons. The van der Waals surface area contributed by atoms with Crippen molar-refractivity contribution < 1.29 is 9.53 Å². The molecule has 30 heavy (non-hydrogen) atoms. The maximum Gasteiger partial charge on any atom is 0.308 e. The van der Waals surface area contributed by atoms with Gasteiger partial charge in [-0.15, -0.1) is 0 Å². The van der Waals surface area contributed by atoms with Crippen molar-refractivity contribution in [1.82, 2.24) is 0 Å². The molecule has 0 fully saturated rings. The highest BCUT2D eigenvalue weighted by molar-refractivity contribution is 5.72. The number of nitrogens with zero attached hydrogens (tertiary/aromatic N) is 1. The fourth-order valence-electron chi connectivity index (χ4n) is 3.56. The van der Waals surface area contributed by atoms with Crippen molar-refractivity contribution in [3.8, 4) is 11.1 Å². The van der Waals surface area contributed by atoms with E-state index in [2.05, 4.69) is 84.0 Å². The van der Waals surface area contributed by atoms with E-state index in [0.717, 1.165) is 23.5 Å². The van der Waals surface area contributed by atoms with Gasteiger partial charge in [-0.05, 0) is 52.9 Å². The molecule has 0 saturated carbocycles. The zero-order chi connectivity index (χ0) is 21.5. The molecule has 0 bridgehead atoms. The van der Waals surface area contributed by atoms with E-state index >= 15 is 0 Å². The van der Waals surface area contributed by atoms with Gasteiger partial charge in [0.25, 0.3) is 0 Å². The fourth-order valence-corrected chi connectivity index (χ4v) is 3.56. The summed E-state index contributed by atoms with van der Waals surface area (Å²) < 4.78 is 4.84. The van der Waals surface area contributed by atoms with Crippen LogP contribution in [0, 0.1) is 5.92 Å². The van der Waals surface area contributed by atoms with Crippen molar-refractivity contribution in [3.05, 3.63) is 83.9 Å². The number of hydrogen-bond acceptors (Lipinski definition) is 4. The number of anilines is 2. The smallest absolute Gasteiger partial charge is 0.308 e. The summed E-state index contributed by atoms with van der Waals surface area (Å²) >= 11 is 0. The Morgan fingerprint density at radius 1 is 0.967 bits per heavy atom. The summed E-state index contributed by atoms with van der Waals surface area (Å²) in [4.78, 5) is 13.9. The van der Waals surface area contributed by atoms with Crippen molar-refractivity contribution in [2.75, 3.05) is 31.4 Å². The lowest BCUT2D eigenvalue weighted by Crippen LogP contribution is -2.17. The van der Waals surface area contributed by atoms with Crippen LogP contribution in [0.4, 0.5) is 11.4 Å². The van der Waals surface area contributed by atoms with E-state index < -0.39 is 0 Å². The summed E-state index contributed by atoms with van der Waals surface area (Å²) in [5, 5.41) is 3.15. The topological polar surface area (TPSA) is 41.6 Å². The lowest BCUT2D eigenvalue weighted by Gasteiger charge is -2.21. The summed E-state index contributed by atoms with van der Waals surface area (Å²) in [6.07, 6.45) is 0.676. The second-order valence-electron chi connectivity index (χ2n) is 7.68. The zero-order valence-electron chi connectivity index (χ0n) is 18.2. The van der Waals surface area contributed by atoms with Crippen molar-refractivity contribution in [2.24, 2.45) is 5.92 Å². The second-order valence-corrected chi connectivity index (χ2v) is 7.68. The molecule has 1 unspecified atom stereocenters. The lowest BCUT2D eigenvalue weighted by atomic mass is 10.0. The SMILES string of the molecule is CNc1ccc(-c2ccc(CN(C)c3cccc(CC(C)C(=O)OC)c3)cc2)cc1. The van der Waals surface area contributed by atoms with Gasteiger partial charge in [-0.1, -0.05) is 55.5 Å². The van der Waals surface area contributed by atoms with Crippen LogP contribution in [0.15, 0.2) is 72.8 Å². The van der Waals surface area contributed by atoms with E-state index in [1.165, 1.54) is 23.8 Å². The van der Waals surface area contributed by atoms with Crippen LogP contribution >= 0.6 is 0 Å². The Labute approximate surface area is 179 Å². The first-order chi connectivity index (χ1) is 14.5. The summed E-state index contributed by atoms with van der Waals surface area (Å²) in [7, 11) is 5.45. The number of methoxy groups -OCH3 is 1. The summed E-state index contributed by atoms with van der Waals surface area (Å²) in [6, 6.07) is 25.5. The van der Waals surface area contributed by atoms with Gasteiger partial charge in [-0.3, -0.25) is 4.79 Å². The molecule has 0 amide bonds. The largest absolute Gasteiger partial charge is 0.469 e. The third-order valence-corrected chi connectivity index (χ3v) is 5.38. The minimum Gasteiger partial charge on any atom is -0.469 e. The third kappa shape index (κ3) is 5.41. The van der Waals surface area contributed by atoms with Crippen LogP contribution in [-0.4, -0.2) is 27.2 Å². The van der Waals surface area contributed by atoms with Gasteiger partial charge in [0.05, 0.1) is 13.0 Å². The van der Waals surface area contributed by atoms with Crippen LogP contribution < -0.4 is 10.2 Å². The first-order valence-electron chi connectivity index (χ1n) is 10.2. The molecule has 0 radical (unpaired) electrons. The highest BCUT2D eigenvalue weighted by atomic mass is 16.5. The molecule has 4 heteroatoms. The first kappa shape index (κ1) is 21.4. The third-order valence-electron chi connectivity index (χ3n) is 5.38. The normalized spacial score (nSPS) is 11.6. The number of ether oxygens (including phenoxy) is 1. The Hall–Kier alpha value is -3.27. The Bertz CT molecular complexity index is 965. The monoisotopic (exact) mass is 402 g/mol. The van der Waals surface area contributed by atoms with Gasteiger partial charge in [0, 0.05) is 32.0 Å². The number of carbonyl (C=O) groups excluding carboxylic acids is 1. The van der Waals surface area contributed by atoms with E-state index in [1.807, 2.05) is 20.0 Å². The quantitative estimate of drug-likeness (QED) is 0.514. The summed E-state index contributed by atoms with van der Waals surface area (Å²) in [5.74, 6) is -0.320. The molecule has 0 heterocycles. The average molecular weight is 403 g/mol. The maximum atomic E-state index is 11.7. The van der Waals surface area contributed by atoms with Gasteiger partial charge in [0.2, 0.25) is 0 Å². The molecule has 0 spiro atoms. The van der Waals surface area contributed by atoms with Crippen molar-refractivity contribution in [3.63, 3.8) is 0 Å². The number of hydrogen-bond donors (Lipinski definition) is 1. The summed E-state index contributed by atoms with van der Waals surface area (Å²) in [5.41, 5.74) is 7.06. The maximum absolute atomic E-state index is 11.7. The lowest BCUT2D eigenvalue weighted by molar-refractivity contribution is -0.144. The van der Waals surface area contributed by atoms with Crippen molar-refractivity contribution >= 4 is 17.3 Å². The van der Waals surface area contributed by atoms with Gasteiger partial charge in [0.15, 0.2) is 0 Å². The van der Waals surface area contributed by atoms with Gasteiger partial charge < -0.3 is 15.0 Å². The van der Waals surface area contributed by atoms with Gasteiger partial charge in [0.1, 0.15) is 0 Å². The van der Waals surface area contributed by atoms with Gasteiger partial charge in [-0.25, -0.2) is 0 Å². The van der Waals surface area contributed by atoms with Crippen LogP contribution in [0.5, 0.6) is 0 Å². The Morgan fingerprint density at radius 2 is 1.60 bits per heavy atom. The molecule has 3 aromatic rings. The standard InChI is InChI=1S/C26H30N2O2/c1-19(26(29)30-4)16-21-6-5-7-25(17-21)28(3)18-20-8-10-22(11-9-20)23-12-14-24(27-2)15-13-23/h5-15,17,19,27H,16,18H2,1-4H3. The van der Waals surface area contributed by atoms with Crippen LogP contribution in [0.3, 0.4) is 0 Å². The van der Waals surface area contributed by atoms with E-state index in [4.69, 9.17) is 4.74 Å².